The van der Waals surface area contributed by atoms with Gasteiger partial charge in [-0.1, -0.05) is 91.0 Å². The molecule has 1 N–H and O–H groups in total. The van der Waals surface area contributed by atoms with Crippen LogP contribution in [-0.4, -0.2) is 18.7 Å². The van der Waals surface area contributed by atoms with Crippen LogP contribution in [0.1, 0.15) is 11.1 Å². The highest BCUT2D eigenvalue weighted by atomic mass is 16.5. The minimum absolute atomic E-state index is 0.145. The fraction of sp³-hybridized carbons (Fsp3) is 0.0714. The lowest BCUT2D eigenvalue weighted by molar-refractivity contribution is -0.123. The quantitative estimate of drug-likeness (QED) is 0.280. The summed E-state index contributed by atoms with van der Waals surface area (Å²) in [6.07, 6.45) is 1.57. The first-order valence-electron chi connectivity index (χ1n) is 10.6. The van der Waals surface area contributed by atoms with E-state index in [4.69, 9.17) is 9.47 Å². The molecule has 5 heteroatoms. The summed E-state index contributed by atoms with van der Waals surface area (Å²) in [4.78, 5) is 12.3. The summed E-state index contributed by atoms with van der Waals surface area (Å²) in [6.45, 7) is 0.306. The van der Waals surface area contributed by atoms with Crippen molar-refractivity contribution in [3.05, 3.63) is 120 Å². The SMILES string of the molecule is O=C(COc1ccccc1-c1ccccc1)NN=Cc1ccccc1OCc1ccccc1. The number of hydrogen-bond donors (Lipinski definition) is 1. The van der Waals surface area contributed by atoms with E-state index in [1.807, 2.05) is 109 Å². The number of ether oxygens (including phenoxy) is 2. The third-order valence-corrected chi connectivity index (χ3v) is 4.88. The first-order valence-corrected chi connectivity index (χ1v) is 10.6. The van der Waals surface area contributed by atoms with Crippen LogP contribution in [0.4, 0.5) is 0 Å². The van der Waals surface area contributed by atoms with Crippen LogP contribution in [0.25, 0.3) is 11.1 Å². The van der Waals surface area contributed by atoms with Gasteiger partial charge in [-0.25, -0.2) is 5.43 Å². The van der Waals surface area contributed by atoms with Gasteiger partial charge in [0.2, 0.25) is 0 Å². The Balaban J connectivity index is 1.33. The molecular formula is C28H24N2O3. The predicted molar refractivity (Wildman–Crippen MR) is 130 cm³/mol. The van der Waals surface area contributed by atoms with Crippen molar-refractivity contribution in [2.45, 2.75) is 6.61 Å². The Bertz CT molecular complexity index is 1210. The van der Waals surface area contributed by atoms with Gasteiger partial charge in [-0.15, -0.1) is 0 Å². The number of carbonyl (C=O) groups excluding carboxylic acids is 1. The van der Waals surface area contributed by atoms with Crippen LogP contribution in [0.2, 0.25) is 0 Å². The van der Waals surface area contributed by atoms with Crippen molar-refractivity contribution < 1.29 is 14.3 Å². The molecule has 0 fully saturated rings. The summed E-state index contributed by atoms with van der Waals surface area (Å²) in [5.74, 6) is 0.978. The highest BCUT2D eigenvalue weighted by Gasteiger charge is 2.08. The van der Waals surface area contributed by atoms with Crippen molar-refractivity contribution >= 4 is 12.1 Å². The molecule has 4 aromatic rings. The van der Waals surface area contributed by atoms with Gasteiger partial charge in [0.05, 0.1) is 6.21 Å². The third-order valence-electron chi connectivity index (χ3n) is 4.88. The molecule has 33 heavy (non-hydrogen) atoms. The van der Waals surface area contributed by atoms with E-state index < -0.39 is 0 Å². The van der Waals surface area contributed by atoms with E-state index >= 15 is 0 Å². The zero-order valence-electron chi connectivity index (χ0n) is 18.1. The molecule has 5 nitrogen and oxygen atoms in total. The second-order valence-electron chi connectivity index (χ2n) is 7.26. The molecule has 4 aromatic carbocycles. The Morgan fingerprint density at radius 1 is 0.727 bits per heavy atom. The lowest BCUT2D eigenvalue weighted by Crippen LogP contribution is -2.24. The first kappa shape index (κ1) is 21.8. The van der Waals surface area contributed by atoms with Crippen LogP contribution in [0, 0.1) is 0 Å². The lowest BCUT2D eigenvalue weighted by atomic mass is 10.1. The van der Waals surface area contributed by atoms with E-state index in [-0.39, 0.29) is 12.5 Å². The summed E-state index contributed by atoms with van der Waals surface area (Å²) in [6, 6.07) is 35.0. The van der Waals surface area contributed by atoms with E-state index in [9.17, 15) is 4.79 Å². The molecule has 4 rings (SSSR count). The van der Waals surface area contributed by atoms with Crippen molar-refractivity contribution in [3.8, 4) is 22.6 Å². The average Bonchev–Trinajstić information content (AvgIpc) is 2.88. The van der Waals surface area contributed by atoms with Gasteiger partial charge in [0.1, 0.15) is 18.1 Å². The van der Waals surface area contributed by atoms with Crippen LogP contribution in [-0.2, 0) is 11.4 Å². The number of para-hydroxylation sites is 2. The average molecular weight is 437 g/mol. The number of hydrogen-bond acceptors (Lipinski definition) is 4. The maximum Gasteiger partial charge on any atom is 0.277 e. The summed E-state index contributed by atoms with van der Waals surface area (Å²) >= 11 is 0. The third kappa shape index (κ3) is 6.31. The van der Waals surface area contributed by atoms with Gasteiger partial charge in [-0.05, 0) is 29.3 Å². The lowest BCUT2D eigenvalue weighted by Gasteiger charge is -2.11. The van der Waals surface area contributed by atoms with Gasteiger partial charge >= 0.3 is 0 Å². The number of nitrogens with one attached hydrogen (secondary N) is 1. The molecule has 0 aliphatic rings. The van der Waals surface area contributed by atoms with E-state index in [2.05, 4.69) is 10.5 Å². The van der Waals surface area contributed by atoms with Crippen molar-refractivity contribution in [2.24, 2.45) is 5.10 Å². The molecule has 0 aromatic heterocycles. The first-order chi connectivity index (χ1) is 16.3. The highest BCUT2D eigenvalue weighted by molar-refractivity contribution is 5.85. The fourth-order valence-electron chi connectivity index (χ4n) is 3.25. The minimum Gasteiger partial charge on any atom is -0.488 e. The van der Waals surface area contributed by atoms with E-state index in [0.717, 1.165) is 22.3 Å². The Morgan fingerprint density at radius 2 is 1.36 bits per heavy atom. The molecule has 0 bridgehead atoms. The summed E-state index contributed by atoms with van der Waals surface area (Å²) in [5.41, 5.74) is 6.31. The number of benzene rings is 4. The highest BCUT2D eigenvalue weighted by Crippen LogP contribution is 2.29. The standard InChI is InChI=1S/C28H24N2O3/c31-28(21-33-27-18-10-8-16-25(27)23-13-5-2-6-14-23)30-29-19-24-15-7-9-17-26(24)32-20-22-11-3-1-4-12-22/h1-19H,20-21H2,(H,30,31). The normalized spacial score (nSPS) is 10.7. The molecule has 164 valence electrons. The van der Waals surface area contributed by atoms with Crippen molar-refractivity contribution in [3.63, 3.8) is 0 Å². The van der Waals surface area contributed by atoms with Crippen molar-refractivity contribution in [2.75, 3.05) is 6.61 Å². The fourth-order valence-corrected chi connectivity index (χ4v) is 3.25. The summed E-state index contributed by atoms with van der Waals surface area (Å²) < 4.78 is 11.7. The molecule has 0 radical (unpaired) electrons. The van der Waals surface area contributed by atoms with Gasteiger partial charge in [0.15, 0.2) is 6.61 Å². The van der Waals surface area contributed by atoms with Crippen molar-refractivity contribution in [1.29, 1.82) is 0 Å². The van der Waals surface area contributed by atoms with Crippen molar-refractivity contribution in [1.82, 2.24) is 5.43 Å². The molecule has 0 spiro atoms. The summed E-state index contributed by atoms with van der Waals surface area (Å²) in [5, 5.41) is 4.07. The summed E-state index contributed by atoms with van der Waals surface area (Å²) in [7, 11) is 0. The second kappa shape index (κ2) is 11.3. The predicted octanol–water partition coefficient (Wildman–Crippen LogP) is 5.46. The Hall–Kier alpha value is -4.38. The molecule has 0 unspecified atom stereocenters. The molecule has 0 aliphatic carbocycles. The number of amides is 1. The van der Waals surface area contributed by atoms with Crippen LogP contribution in [0.3, 0.4) is 0 Å². The number of rotatable bonds is 9. The van der Waals surface area contributed by atoms with Crippen LogP contribution >= 0.6 is 0 Å². The Kier molecular flexibility index (Phi) is 7.48. The molecule has 0 heterocycles. The van der Waals surface area contributed by atoms with Crippen LogP contribution in [0.5, 0.6) is 11.5 Å². The largest absolute Gasteiger partial charge is 0.488 e. The smallest absolute Gasteiger partial charge is 0.277 e. The Morgan fingerprint density at radius 3 is 2.15 bits per heavy atom. The van der Waals surface area contributed by atoms with E-state index in [1.54, 1.807) is 6.21 Å². The molecule has 0 atom stereocenters. The molecule has 0 aliphatic heterocycles. The minimum atomic E-state index is -0.350. The van der Waals surface area contributed by atoms with Gasteiger partial charge in [0, 0.05) is 11.1 Å². The molecule has 0 saturated heterocycles. The molecular weight excluding hydrogens is 412 g/mol. The van der Waals surface area contributed by atoms with E-state index in [1.165, 1.54) is 0 Å². The Labute approximate surface area is 193 Å². The topological polar surface area (TPSA) is 59.9 Å². The maximum absolute atomic E-state index is 12.3. The monoisotopic (exact) mass is 436 g/mol. The second-order valence-corrected chi connectivity index (χ2v) is 7.26. The van der Waals surface area contributed by atoms with Gasteiger partial charge in [-0.2, -0.15) is 5.10 Å². The molecule has 1 amide bonds. The van der Waals surface area contributed by atoms with Gasteiger partial charge < -0.3 is 9.47 Å². The maximum atomic E-state index is 12.3. The van der Waals surface area contributed by atoms with E-state index in [0.29, 0.717) is 18.1 Å². The van der Waals surface area contributed by atoms with Gasteiger partial charge in [0.25, 0.3) is 5.91 Å². The number of nitrogens with zero attached hydrogens (tertiary/aromatic N) is 1. The zero-order valence-corrected chi connectivity index (χ0v) is 18.1. The number of hydrazone groups is 1. The number of carbonyl (C=O) groups is 1. The van der Waals surface area contributed by atoms with Gasteiger partial charge in [-0.3, -0.25) is 4.79 Å². The molecule has 0 saturated carbocycles. The van der Waals surface area contributed by atoms with Crippen LogP contribution < -0.4 is 14.9 Å². The van der Waals surface area contributed by atoms with Crippen LogP contribution in [0.15, 0.2) is 114 Å². The zero-order chi connectivity index (χ0) is 22.7.